The standard InChI is InChI=1S/C12H14N2O3S2/c1-8-5-10(17-2)3-4-11(8)14-19(15,16)12-6-9(13)7-18-12/h3-7,14H,13H2,1-2H3. The van der Waals surface area contributed by atoms with Crippen molar-refractivity contribution in [3.05, 3.63) is 35.2 Å². The number of nitrogen functional groups attached to an aromatic ring is 1. The minimum absolute atomic E-state index is 0.195. The first-order chi connectivity index (χ1) is 8.92. The molecule has 2 aromatic rings. The van der Waals surface area contributed by atoms with E-state index in [4.69, 9.17) is 10.5 Å². The summed E-state index contributed by atoms with van der Waals surface area (Å²) in [6, 6.07) is 6.57. The van der Waals surface area contributed by atoms with E-state index in [1.807, 2.05) is 6.92 Å². The predicted octanol–water partition coefficient (Wildman–Crippen LogP) is 2.45. The van der Waals surface area contributed by atoms with Crippen LogP contribution in [0.2, 0.25) is 0 Å². The summed E-state index contributed by atoms with van der Waals surface area (Å²) >= 11 is 1.09. The normalized spacial score (nSPS) is 11.3. The van der Waals surface area contributed by atoms with Crippen LogP contribution in [0.25, 0.3) is 0 Å². The predicted molar refractivity (Wildman–Crippen MR) is 77.3 cm³/mol. The van der Waals surface area contributed by atoms with E-state index in [0.29, 0.717) is 17.1 Å². The van der Waals surface area contributed by atoms with Crippen molar-refractivity contribution in [2.24, 2.45) is 0 Å². The van der Waals surface area contributed by atoms with Gasteiger partial charge < -0.3 is 10.5 Å². The summed E-state index contributed by atoms with van der Waals surface area (Å²) in [6.07, 6.45) is 0. The lowest BCUT2D eigenvalue weighted by Gasteiger charge is -2.10. The van der Waals surface area contributed by atoms with E-state index in [1.54, 1.807) is 30.7 Å². The molecule has 0 radical (unpaired) electrons. The summed E-state index contributed by atoms with van der Waals surface area (Å²) in [7, 11) is -2.02. The highest BCUT2D eigenvalue weighted by Gasteiger charge is 2.17. The first kappa shape index (κ1) is 13.7. The molecule has 7 heteroatoms. The van der Waals surface area contributed by atoms with Crippen molar-refractivity contribution in [3.63, 3.8) is 0 Å². The van der Waals surface area contributed by atoms with Gasteiger partial charge in [-0.3, -0.25) is 4.72 Å². The zero-order chi connectivity index (χ0) is 14.0. The molecule has 0 aliphatic rings. The Morgan fingerprint density at radius 3 is 2.58 bits per heavy atom. The van der Waals surface area contributed by atoms with Crippen molar-refractivity contribution in [2.45, 2.75) is 11.1 Å². The van der Waals surface area contributed by atoms with Crippen LogP contribution in [0, 0.1) is 6.92 Å². The Labute approximate surface area is 116 Å². The highest BCUT2D eigenvalue weighted by Crippen LogP contribution is 2.27. The Morgan fingerprint density at radius 2 is 2.05 bits per heavy atom. The molecule has 0 aliphatic heterocycles. The number of methoxy groups -OCH3 is 1. The second kappa shape index (κ2) is 5.10. The number of sulfonamides is 1. The van der Waals surface area contributed by atoms with Crippen LogP contribution in [-0.4, -0.2) is 15.5 Å². The Balaban J connectivity index is 2.30. The minimum Gasteiger partial charge on any atom is -0.497 e. The van der Waals surface area contributed by atoms with E-state index in [-0.39, 0.29) is 4.21 Å². The fraction of sp³-hybridized carbons (Fsp3) is 0.167. The third kappa shape index (κ3) is 2.99. The van der Waals surface area contributed by atoms with Gasteiger partial charge in [0.2, 0.25) is 0 Å². The molecule has 1 aromatic carbocycles. The van der Waals surface area contributed by atoms with Crippen LogP contribution < -0.4 is 15.2 Å². The molecular weight excluding hydrogens is 284 g/mol. The average Bonchev–Trinajstić information content (AvgIpc) is 2.79. The molecule has 19 heavy (non-hydrogen) atoms. The van der Waals surface area contributed by atoms with Crippen molar-refractivity contribution in [1.82, 2.24) is 0 Å². The van der Waals surface area contributed by atoms with Gasteiger partial charge in [0.25, 0.3) is 10.0 Å². The zero-order valence-corrected chi connectivity index (χ0v) is 12.1. The molecule has 102 valence electrons. The molecule has 2 rings (SSSR count). The second-order valence-electron chi connectivity index (χ2n) is 3.99. The summed E-state index contributed by atoms with van der Waals surface area (Å²) < 4.78 is 32.1. The van der Waals surface area contributed by atoms with E-state index in [9.17, 15) is 8.42 Å². The molecule has 5 nitrogen and oxygen atoms in total. The van der Waals surface area contributed by atoms with E-state index >= 15 is 0 Å². The number of aryl methyl sites for hydroxylation is 1. The molecule has 1 heterocycles. The van der Waals surface area contributed by atoms with Gasteiger partial charge >= 0.3 is 0 Å². The first-order valence-electron chi connectivity index (χ1n) is 5.44. The van der Waals surface area contributed by atoms with Gasteiger partial charge in [0.15, 0.2) is 0 Å². The van der Waals surface area contributed by atoms with Gasteiger partial charge in [-0.2, -0.15) is 0 Å². The van der Waals surface area contributed by atoms with Gasteiger partial charge in [-0.1, -0.05) is 0 Å². The van der Waals surface area contributed by atoms with Crippen LogP contribution in [0.5, 0.6) is 5.75 Å². The smallest absolute Gasteiger partial charge is 0.271 e. The molecule has 0 atom stereocenters. The van der Waals surface area contributed by atoms with E-state index < -0.39 is 10.0 Å². The van der Waals surface area contributed by atoms with Crippen LogP contribution in [0.4, 0.5) is 11.4 Å². The number of rotatable bonds is 4. The van der Waals surface area contributed by atoms with Gasteiger partial charge in [0.05, 0.1) is 12.8 Å². The number of hydrogen-bond acceptors (Lipinski definition) is 5. The van der Waals surface area contributed by atoms with Crippen LogP contribution >= 0.6 is 11.3 Å². The Morgan fingerprint density at radius 1 is 1.32 bits per heavy atom. The molecule has 0 fully saturated rings. The molecule has 0 amide bonds. The number of nitrogens with two attached hydrogens (primary N) is 1. The molecule has 0 saturated carbocycles. The van der Waals surface area contributed by atoms with Gasteiger partial charge in [-0.15, -0.1) is 11.3 Å². The zero-order valence-electron chi connectivity index (χ0n) is 10.5. The summed E-state index contributed by atoms with van der Waals surface area (Å²) in [5.74, 6) is 0.681. The molecule has 1 aromatic heterocycles. The third-order valence-electron chi connectivity index (χ3n) is 2.54. The number of thiophene rings is 1. The Bertz CT molecular complexity index is 693. The van der Waals surface area contributed by atoms with Gasteiger partial charge in [-0.05, 0) is 36.8 Å². The van der Waals surface area contributed by atoms with Crippen molar-refractivity contribution in [1.29, 1.82) is 0 Å². The highest BCUT2D eigenvalue weighted by molar-refractivity contribution is 7.94. The quantitative estimate of drug-likeness (QED) is 0.908. The van der Waals surface area contributed by atoms with Crippen LogP contribution in [-0.2, 0) is 10.0 Å². The molecule has 3 N–H and O–H groups in total. The summed E-state index contributed by atoms with van der Waals surface area (Å²) in [6.45, 7) is 1.81. The maximum absolute atomic E-state index is 12.1. The van der Waals surface area contributed by atoms with Crippen molar-refractivity contribution < 1.29 is 13.2 Å². The number of nitrogens with one attached hydrogen (secondary N) is 1. The molecule has 0 unspecified atom stereocenters. The lowest BCUT2D eigenvalue weighted by Crippen LogP contribution is -2.12. The van der Waals surface area contributed by atoms with Gasteiger partial charge in [0.1, 0.15) is 9.96 Å². The minimum atomic E-state index is -3.59. The van der Waals surface area contributed by atoms with Crippen molar-refractivity contribution in [2.75, 3.05) is 17.6 Å². The SMILES string of the molecule is COc1ccc(NS(=O)(=O)c2cc(N)cs2)c(C)c1. The summed E-state index contributed by atoms with van der Waals surface area (Å²) in [5, 5.41) is 1.59. The number of hydrogen-bond donors (Lipinski definition) is 2. The number of benzene rings is 1. The fourth-order valence-electron chi connectivity index (χ4n) is 1.54. The fourth-order valence-corrected chi connectivity index (χ4v) is 3.75. The van der Waals surface area contributed by atoms with Crippen LogP contribution in [0.1, 0.15) is 5.56 Å². The third-order valence-corrected chi connectivity index (χ3v) is 5.36. The van der Waals surface area contributed by atoms with Crippen molar-refractivity contribution in [3.8, 4) is 5.75 Å². The Kier molecular flexibility index (Phi) is 3.68. The molecular formula is C12H14N2O3S2. The molecule has 0 saturated heterocycles. The first-order valence-corrected chi connectivity index (χ1v) is 7.80. The average molecular weight is 298 g/mol. The molecule has 0 aliphatic carbocycles. The Hall–Kier alpha value is -1.73. The maximum Gasteiger partial charge on any atom is 0.271 e. The van der Waals surface area contributed by atoms with Crippen molar-refractivity contribution >= 4 is 32.7 Å². The molecule has 0 spiro atoms. The highest BCUT2D eigenvalue weighted by atomic mass is 32.2. The van der Waals surface area contributed by atoms with E-state index in [1.165, 1.54) is 6.07 Å². The summed E-state index contributed by atoms with van der Waals surface area (Å²) in [5.41, 5.74) is 7.29. The topological polar surface area (TPSA) is 81.4 Å². The van der Waals surface area contributed by atoms with Crippen LogP contribution in [0.3, 0.4) is 0 Å². The van der Waals surface area contributed by atoms with Crippen LogP contribution in [0.15, 0.2) is 33.9 Å². The second-order valence-corrected chi connectivity index (χ2v) is 6.81. The van der Waals surface area contributed by atoms with Gasteiger partial charge in [0, 0.05) is 11.1 Å². The molecule has 0 bridgehead atoms. The van der Waals surface area contributed by atoms with E-state index in [2.05, 4.69) is 4.72 Å². The number of ether oxygens (including phenoxy) is 1. The largest absolute Gasteiger partial charge is 0.497 e. The lowest BCUT2D eigenvalue weighted by molar-refractivity contribution is 0.414. The number of anilines is 2. The monoisotopic (exact) mass is 298 g/mol. The van der Waals surface area contributed by atoms with E-state index in [0.717, 1.165) is 16.9 Å². The lowest BCUT2D eigenvalue weighted by atomic mass is 10.2. The summed E-state index contributed by atoms with van der Waals surface area (Å²) in [4.78, 5) is 0. The maximum atomic E-state index is 12.1. The van der Waals surface area contributed by atoms with Gasteiger partial charge in [-0.25, -0.2) is 8.42 Å².